The van der Waals surface area contributed by atoms with Gasteiger partial charge >= 0.3 is 0 Å². The van der Waals surface area contributed by atoms with Crippen LogP contribution in [0.1, 0.15) is 25.3 Å². The molecule has 18 heavy (non-hydrogen) atoms. The number of hydrogen-bond donors (Lipinski definition) is 1. The standard InChI is InChI=1S/C15H21N3/c1-2-4-14-5-7-15(8-6-14)17-9-3-11-18-12-10-16-13-18/h5-8,10,12-13,17H,2-4,9,11H2,1H3. The van der Waals surface area contributed by atoms with E-state index in [9.17, 15) is 0 Å². The van der Waals surface area contributed by atoms with Crippen LogP contribution in [-0.2, 0) is 13.0 Å². The van der Waals surface area contributed by atoms with E-state index >= 15 is 0 Å². The average Bonchev–Trinajstić information content (AvgIpc) is 2.90. The highest BCUT2D eigenvalue weighted by atomic mass is 15.0. The molecule has 0 spiro atoms. The fraction of sp³-hybridized carbons (Fsp3) is 0.400. The van der Waals surface area contributed by atoms with Crippen molar-refractivity contribution < 1.29 is 0 Å². The van der Waals surface area contributed by atoms with Gasteiger partial charge in [-0.25, -0.2) is 4.98 Å². The van der Waals surface area contributed by atoms with Gasteiger partial charge in [0.2, 0.25) is 0 Å². The molecule has 0 bridgehead atoms. The number of nitrogens with zero attached hydrogens (tertiary/aromatic N) is 2. The molecular formula is C15H21N3. The van der Waals surface area contributed by atoms with E-state index in [1.54, 1.807) is 0 Å². The van der Waals surface area contributed by atoms with Crippen molar-refractivity contribution in [2.45, 2.75) is 32.7 Å². The highest BCUT2D eigenvalue weighted by Crippen LogP contribution is 2.10. The molecule has 2 aromatic rings. The van der Waals surface area contributed by atoms with Gasteiger partial charge in [0.25, 0.3) is 0 Å². The summed E-state index contributed by atoms with van der Waals surface area (Å²) in [5.41, 5.74) is 2.63. The Balaban J connectivity index is 1.69. The lowest BCUT2D eigenvalue weighted by Gasteiger charge is -2.07. The second-order valence-corrected chi connectivity index (χ2v) is 4.53. The average molecular weight is 243 g/mol. The molecule has 0 aliphatic carbocycles. The van der Waals surface area contributed by atoms with Crippen LogP contribution in [0.2, 0.25) is 0 Å². The third-order valence-corrected chi connectivity index (χ3v) is 2.97. The van der Waals surface area contributed by atoms with E-state index < -0.39 is 0 Å². The summed E-state index contributed by atoms with van der Waals surface area (Å²) in [5.74, 6) is 0. The van der Waals surface area contributed by atoms with Gasteiger partial charge in [0.15, 0.2) is 0 Å². The highest BCUT2D eigenvalue weighted by Gasteiger charge is 1.94. The minimum Gasteiger partial charge on any atom is -0.385 e. The van der Waals surface area contributed by atoms with Crippen molar-refractivity contribution in [1.82, 2.24) is 9.55 Å². The summed E-state index contributed by atoms with van der Waals surface area (Å²) in [7, 11) is 0. The minimum absolute atomic E-state index is 0.991. The fourth-order valence-corrected chi connectivity index (χ4v) is 1.99. The minimum atomic E-state index is 0.991. The van der Waals surface area contributed by atoms with Crippen molar-refractivity contribution in [1.29, 1.82) is 0 Å². The monoisotopic (exact) mass is 243 g/mol. The topological polar surface area (TPSA) is 29.9 Å². The summed E-state index contributed by atoms with van der Waals surface area (Å²) < 4.78 is 2.10. The van der Waals surface area contributed by atoms with Gasteiger partial charge in [-0.1, -0.05) is 25.5 Å². The van der Waals surface area contributed by atoms with Crippen LogP contribution in [0.15, 0.2) is 43.0 Å². The van der Waals surface area contributed by atoms with Gasteiger partial charge in [-0.15, -0.1) is 0 Å². The molecule has 1 N–H and O–H groups in total. The Labute approximate surface area is 109 Å². The molecule has 0 radical (unpaired) electrons. The van der Waals surface area contributed by atoms with Gasteiger partial charge in [0, 0.05) is 31.2 Å². The van der Waals surface area contributed by atoms with Crippen LogP contribution >= 0.6 is 0 Å². The van der Waals surface area contributed by atoms with Gasteiger partial charge in [0.05, 0.1) is 6.33 Å². The number of rotatable bonds is 7. The Bertz CT molecular complexity index is 431. The third-order valence-electron chi connectivity index (χ3n) is 2.97. The Kier molecular flexibility index (Phi) is 4.82. The highest BCUT2D eigenvalue weighted by molar-refractivity contribution is 5.44. The molecule has 1 aromatic heterocycles. The number of aromatic nitrogens is 2. The number of benzene rings is 1. The predicted molar refractivity (Wildman–Crippen MR) is 75.8 cm³/mol. The summed E-state index contributed by atoms with van der Waals surface area (Å²) in [5, 5.41) is 3.44. The quantitative estimate of drug-likeness (QED) is 0.756. The lowest BCUT2D eigenvalue weighted by Crippen LogP contribution is -2.05. The normalized spacial score (nSPS) is 10.5. The van der Waals surface area contributed by atoms with E-state index in [2.05, 4.69) is 46.1 Å². The number of imidazole rings is 1. The van der Waals surface area contributed by atoms with E-state index in [0.717, 1.165) is 19.5 Å². The van der Waals surface area contributed by atoms with E-state index in [1.807, 2.05) is 18.7 Å². The third kappa shape index (κ3) is 3.91. The zero-order valence-corrected chi connectivity index (χ0v) is 11.0. The molecule has 3 heteroatoms. The van der Waals surface area contributed by atoms with Crippen molar-refractivity contribution >= 4 is 5.69 Å². The summed E-state index contributed by atoms with van der Waals surface area (Å²) in [6.07, 6.45) is 9.16. The predicted octanol–water partition coefficient (Wildman–Crippen LogP) is 3.34. The van der Waals surface area contributed by atoms with Gasteiger partial charge in [-0.3, -0.25) is 0 Å². The van der Waals surface area contributed by atoms with Crippen LogP contribution in [0.25, 0.3) is 0 Å². The van der Waals surface area contributed by atoms with Crippen molar-refractivity contribution in [2.24, 2.45) is 0 Å². The van der Waals surface area contributed by atoms with Crippen LogP contribution in [-0.4, -0.2) is 16.1 Å². The summed E-state index contributed by atoms with van der Waals surface area (Å²) in [4.78, 5) is 4.03. The summed E-state index contributed by atoms with van der Waals surface area (Å²) >= 11 is 0. The Morgan fingerprint density at radius 1 is 1.22 bits per heavy atom. The molecule has 0 saturated carbocycles. The van der Waals surface area contributed by atoms with Crippen LogP contribution in [0, 0.1) is 0 Å². The Morgan fingerprint density at radius 2 is 2.06 bits per heavy atom. The molecule has 0 unspecified atom stereocenters. The molecule has 3 nitrogen and oxygen atoms in total. The lowest BCUT2D eigenvalue weighted by molar-refractivity contribution is 0.661. The van der Waals surface area contributed by atoms with Gasteiger partial charge in [-0.2, -0.15) is 0 Å². The van der Waals surface area contributed by atoms with E-state index in [4.69, 9.17) is 0 Å². The second kappa shape index (κ2) is 6.84. The second-order valence-electron chi connectivity index (χ2n) is 4.53. The number of nitrogens with one attached hydrogen (secondary N) is 1. The molecular weight excluding hydrogens is 222 g/mol. The zero-order chi connectivity index (χ0) is 12.6. The first kappa shape index (κ1) is 12.7. The number of aryl methyl sites for hydroxylation is 2. The summed E-state index contributed by atoms with van der Waals surface area (Å²) in [6.45, 7) is 4.22. The SMILES string of the molecule is CCCc1ccc(NCCCn2ccnc2)cc1. The molecule has 0 amide bonds. The molecule has 0 fully saturated rings. The van der Waals surface area contributed by atoms with Gasteiger partial charge in [0.1, 0.15) is 0 Å². The van der Waals surface area contributed by atoms with Crippen molar-refractivity contribution in [3.8, 4) is 0 Å². The van der Waals surface area contributed by atoms with Crippen LogP contribution < -0.4 is 5.32 Å². The maximum Gasteiger partial charge on any atom is 0.0945 e. The van der Waals surface area contributed by atoms with E-state index in [0.29, 0.717) is 0 Å². The van der Waals surface area contributed by atoms with Crippen molar-refractivity contribution in [3.63, 3.8) is 0 Å². The Morgan fingerprint density at radius 3 is 2.72 bits per heavy atom. The first-order valence-electron chi connectivity index (χ1n) is 6.67. The first-order chi connectivity index (χ1) is 8.88. The Hall–Kier alpha value is -1.77. The molecule has 1 aromatic carbocycles. The van der Waals surface area contributed by atoms with Gasteiger partial charge in [-0.05, 0) is 30.5 Å². The van der Waals surface area contributed by atoms with E-state index in [-0.39, 0.29) is 0 Å². The van der Waals surface area contributed by atoms with Crippen LogP contribution in [0.4, 0.5) is 5.69 Å². The molecule has 0 aliphatic rings. The molecule has 0 aliphatic heterocycles. The number of anilines is 1. The maximum atomic E-state index is 4.03. The smallest absolute Gasteiger partial charge is 0.0945 e. The maximum absolute atomic E-state index is 4.03. The molecule has 2 rings (SSSR count). The van der Waals surface area contributed by atoms with Crippen LogP contribution in [0.5, 0.6) is 0 Å². The first-order valence-corrected chi connectivity index (χ1v) is 6.67. The summed E-state index contributed by atoms with van der Waals surface area (Å²) in [6, 6.07) is 8.76. The number of hydrogen-bond acceptors (Lipinski definition) is 2. The van der Waals surface area contributed by atoms with E-state index in [1.165, 1.54) is 24.1 Å². The fourth-order valence-electron chi connectivity index (χ4n) is 1.99. The molecule has 96 valence electrons. The van der Waals surface area contributed by atoms with Gasteiger partial charge < -0.3 is 9.88 Å². The zero-order valence-electron chi connectivity index (χ0n) is 11.0. The largest absolute Gasteiger partial charge is 0.385 e. The van der Waals surface area contributed by atoms with Crippen LogP contribution in [0.3, 0.4) is 0 Å². The lowest BCUT2D eigenvalue weighted by atomic mass is 10.1. The molecule has 0 saturated heterocycles. The molecule has 1 heterocycles. The molecule has 0 atom stereocenters. The van der Waals surface area contributed by atoms with Crippen molar-refractivity contribution in [3.05, 3.63) is 48.5 Å². The van der Waals surface area contributed by atoms with Crippen molar-refractivity contribution in [2.75, 3.05) is 11.9 Å².